The van der Waals surface area contributed by atoms with Crippen LogP contribution in [0.1, 0.15) is 37.0 Å². The summed E-state index contributed by atoms with van der Waals surface area (Å²) in [4.78, 5) is 34.6. The largest absolute Gasteiger partial charge is 0.452 e. The maximum absolute atomic E-state index is 12.1. The minimum Gasteiger partial charge on any atom is -0.452 e. The molecule has 0 heterocycles. The molecule has 7 heteroatoms. The molecule has 1 rings (SSSR count). The van der Waals surface area contributed by atoms with Crippen molar-refractivity contribution in [3.05, 3.63) is 29.8 Å². The first-order valence-electron chi connectivity index (χ1n) is 7.55. The van der Waals surface area contributed by atoms with E-state index >= 15 is 0 Å². The van der Waals surface area contributed by atoms with Crippen LogP contribution in [0.2, 0.25) is 0 Å². The van der Waals surface area contributed by atoms with Gasteiger partial charge in [0.1, 0.15) is 0 Å². The molecule has 2 N–H and O–H groups in total. The number of amides is 2. The standard InChI is InChI=1S/C16H22N2O5/c1-3-5-10-17-13-9-7-6-8-12(13)15(20)23-11-14(19)18-16(21)22-4-2/h6-9,17H,3-5,10-11H2,1-2H3,(H,18,19,21). The molecule has 0 saturated heterocycles. The van der Waals surface area contributed by atoms with E-state index in [1.54, 1.807) is 31.2 Å². The van der Waals surface area contributed by atoms with Gasteiger partial charge in [-0.3, -0.25) is 10.1 Å². The van der Waals surface area contributed by atoms with E-state index in [2.05, 4.69) is 17.0 Å². The summed E-state index contributed by atoms with van der Waals surface area (Å²) in [6, 6.07) is 6.89. The van der Waals surface area contributed by atoms with Gasteiger partial charge in [0.2, 0.25) is 0 Å². The number of ether oxygens (including phenoxy) is 2. The van der Waals surface area contributed by atoms with Crippen molar-refractivity contribution in [1.82, 2.24) is 5.32 Å². The van der Waals surface area contributed by atoms with Gasteiger partial charge in [-0.15, -0.1) is 0 Å². The molecule has 126 valence electrons. The molecule has 0 unspecified atom stereocenters. The summed E-state index contributed by atoms with van der Waals surface area (Å²) in [6.45, 7) is 4.03. The second-order valence-corrected chi connectivity index (χ2v) is 4.67. The molecule has 1 aromatic rings. The smallest absolute Gasteiger partial charge is 0.413 e. The fourth-order valence-electron chi connectivity index (χ4n) is 1.74. The van der Waals surface area contributed by atoms with Crippen LogP contribution >= 0.6 is 0 Å². The van der Waals surface area contributed by atoms with Crippen LogP contribution in [-0.4, -0.2) is 37.7 Å². The number of rotatable bonds is 8. The predicted octanol–water partition coefficient (Wildman–Crippen LogP) is 2.33. The molecule has 0 radical (unpaired) electrons. The molecule has 0 atom stereocenters. The number of hydrogen-bond donors (Lipinski definition) is 2. The van der Waals surface area contributed by atoms with Crippen LogP contribution < -0.4 is 10.6 Å². The van der Waals surface area contributed by atoms with Crippen LogP contribution in [0.25, 0.3) is 0 Å². The topological polar surface area (TPSA) is 93.7 Å². The van der Waals surface area contributed by atoms with Gasteiger partial charge in [-0.1, -0.05) is 25.5 Å². The first-order chi connectivity index (χ1) is 11.1. The van der Waals surface area contributed by atoms with E-state index in [9.17, 15) is 14.4 Å². The zero-order chi connectivity index (χ0) is 17.1. The van der Waals surface area contributed by atoms with Gasteiger partial charge in [-0.2, -0.15) is 0 Å². The molecule has 7 nitrogen and oxygen atoms in total. The molecule has 0 spiro atoms. The minimum atomic E-state index is -0.866. The van der Waals surface area contributed by atoms with Crippen LogP contribution in [0.15, 0.2) is 24.3 Å². The van der Waals surface area contributed by atoms with Gasteiger partial charge in [0.15, 0.2) is 6.61 Å². The molecular formula is C16H22N2O5. The lowest BCUT2D eigenvalue weighted by Gasteiger charge is -2.11. The van der Waals surface area contributed by atoms with Crippen molar-refractivity contribution in [2.75, 3.05) is 25.1 Å². The molecule has 2 amide bonds. The molecule has 0 aliphatic heterocycles. The molecule has 1 aromatic carbocycles. The number of para-hydroxylation sites is 1. The van der Waals surface area contributed by atoms with Gasteiger partial charge in [0, 0.05) is 12.2 Å². The first-order valence-corrected chi connectivity index (χ1v) is 7.55. The number of benzene rings is 1. The van der Waals surface area contributed by atoms with Crippen molar-refractivity contribution in [3.8, 4) is 0 Å². The van der Waals surface area contributed by atoms with E-state index in [0.29, 0.717) is 11.3 Å². The summed E-state index contributed by atoms with van der Waals surface area (Å²) in [5, 5.41) is 5.11. The summed E-state index contributed by atoms with van der Waals surface area (Å²) in [6.07, 6.45) is 1.15. The number of unbranched alkanes of at least 4 members (excludes halogenated alkanes) is 1. The lowest BCUT2D eigenvalue weighted by molar-refractivity contribution is -0.123. The molecule has 0 aliphatic rings. The van der Waals surface area contributed by atoms with Crippen molar-refractivity contribution in [2.24, 2.45) is 0 Å². The van der Waals surface area contributed by atoms with Crippen LogP contribution in [0.3, 0.4) is 0 Å². The van der Waals surface area contributed by atoms with Crippen LogP contribution in [0, 0.1) is 0 Å². The summed E-state index contributed by atoms with van der Waals surface area (Å²) in [7, 11) is 0. The van der Waals surface area contributed by atoms with Crippen LogP contribution in [0.5, 0.6) is 0 Å². The van der Waals surface area contributed by atoms with E-state index in [1.807, 2.05) is 5.32 Å². The fraction of sp³-hybridized carbons (Fsp3) is 0.438. The Bertz CT molecular complexity index is 545. The summed E-state index contributed by atoms with van der Waals surface area (Å²) >= 11 is 0. The minimum absolute atomic E-state index is 0.149. The number of esters is 1. The Hall–Kier alpha value is -2.57. The van der Waals surface area contributed by atoms with Crippen LogP contribution in [0.4, 0.5) is 10.5 Å². The van der Waals surface area contributed by atoms with Gasteiger partial charge >= 0.3 is 12.1 Å². The normalized spacial score (nSPS) is 9.83. The molecule has 0 saturated carbocycles. The quantitative estimate of drug-likeness (QED) is 0.563. The number of carbonyl (C=O) groups is 3. The van der Waals surface area contributed by atoms with Gasteiger partial charge in [0.05, 0.1) is 12.2 Å². The number of nitrogens with one attached hydrogen (secondary N) is 2. The molecule has 23 heavy (non-hydrogen) atoms. The Morgan fingerprint density at radius 2 is 1.83 bits per heavy atom. The van der Waals surface area contributed by atoms with Gasteiger partial charge in [0.25, 0.3) is 5.91 Å². The molecule has 0 aliphatic carbocycles. The maximum atomic E-state index is 12.1. The monoisotopic (exact) mass is 322 g/mol. The Morgan fingerprint density at radius 3 is 2.52 bits per heavy atom. The zero-order valence-corrected chi connectivity index (χ0v) is 13.4. The third-order valence-corrected chi connectivity index (χ3v) is 2.84. The van der Waals surface area contributed by atoms with Gasteiger partial charge in [-0.05, 0) is 25.5 Å². The average Bonchev–Trinajstić information content (AvgIpc) is 2.53. The lowest BCUT2D eigenvalue weighted by atomic mass is 10.1. The highest BCUT2D eigenvalue weighted by molar-refractivity contribution is 5.98. The SMILES string of the molecule is CCCCNc1ccccc1C(=O)OCC(=O)NC(=O)OCC. The van der Waals surface area contributed by atoms with Crippen molar-refractivity contribution >= 4 is 23.7 Å². The van der Waals surface area contributed by atoms with E-state index in [1.165, 1.54) is 0 Å². The van der Waals surface area contributed by atoms with Gasteiger partial charge in [-0.25, -0.2) is 9.59 Å². The second kappa shape index (κ2) is 10.2. The summed E-state index contributed by atoms with van der Waals surface area (Å²) in [5.74, 6) is -1.38. The third-order valence-electron chi connectivity index (χ3n) is 2.84. The van der Waals surface area contributed by atoms with Crippen molar-refractivity contribution in [2.45, 2.75) is 26.7 Å². The molecule has 0 bridgehead atoms. The number of carbonyl (C=O) groups excluding carboxylic acids is 3. The number of imide groups is 1. The zero-order valence-electron chi connectivity index (χ0n) is 13.4. The number of anilines is 1. The number of hydrogen-bond acceptors (Lipinski definition) is 6. The average molecular weight is 322 g/mol. The highest BCUT2D eigenvalue weighted by Gasteiger charge is 2.15. The van der Waals surface area contributed by atoms with Crippen molar-refractivity contribution < 1.29 is 23.9 Å². The molecule has 0 aromatic heterocycles. The highest BCUT2D eigenvalue weighted by atomic mass is 16.6. The number of alkyl carbamates (subject to hydrolysis) is 1. The van der Waals surface area contributed by atoms with Gasteiger partial charge < -0.3 is 14.8 Å². The summed E-state index contributed by atoms with van der Waals surface area (Å²) < 4.78 is 9.47. The Labute approximate surface area is 135 Å². The fourth-order valence-corrected chi connectivity index (χ4v) is 1.74. The Balaban J connectivity index is 2.54. The van der Waals surface area contributed by atoms with E-state index in [0.717, 1.165) is 19.4 Å². The van der Waals surface area contributed by atoms with E-state index in [-0.39, 0.29) is 6.61 Å². The highest BCUT2D eigenvalue weighted by Crippen LogP contribution is 2.16. The Kier molecular flexibility index (Phi) is 8.20. The maximum Gasteiger partial charge on any atom is 0.413 e. The van der Waals surface area contributed by atoms with E-state index < -0.39 is 24.6 Å². The van der Waals surface area contributed by atoms with Crippen molar-refractivity contribution in [1.29, 1.82) is 0 Å². The molecule has 0 fully saturated rings. The molecular weight excluding hydrogens is 300 g/mol. The summed E-state index contributed by atoms with van der Waals surface area (Å²) in [5.41, 5.74) is 0.990. The van der Waals surface area contributed by atoms with Crippen molar-refractivity contribution in [3.63, 3.8) is 0 Å². The Morgan fingerprint density at radius 1 is 1.09 bits per heavy atom. The first kappa shape index (κ1) is 18.5. The predicted molar refractivity (Wildman–Crippen MR) is 85.3 cm³/mol. The third kappa shape index (κ3) is 6.82. The second-order valence-electron chi connectivity index (χ2n) is 4.67. The lowest BCUT2D eigenvalue weighted by Crippen LogP contribution is -2.34. The van der Waals surface area contributed by atoms with E-state index in [4.69, 9.17) is 4.74 Å². The van der Waals surface area contributed by atoms with Crippen LogP contribution in [-0.2, 0) is 14.3 Å².